The molecule has 82 valence electrons. The summed E-state index contributed by atoms with van der Waals surface area (Å²) in [5, 5.41) is 8.78. The second-order valence-electron chi connectivity index (χ2n) is 3.14. The highest BCUT2D eigenvalue weighted by Gasteiger charge is 2.24. The van der Waals surface area contributed by atoms with Gasteiger partial charge < -0.3 is 5.11 Å². The lowest BCUT2D eigenvalue weighted by molar-refractivity contribution is 0.0697. The van der Waals surface area contributed by atoms with Gasteiger partial charge in [-0.1, -0.05) is 36.2 Å². The number of aromatic carboxylic acids is 1. The van der Waals surface area contributed by atoms with Crippen LogP contribution in [0.5, 0.6) is 0 Å². The molecule has 0 aliphatic carbocycles. The summed E-state index contributed by atoms with van der Waals surface area (Å²) < 4.78 is 0.716. The Kier molecular flexibility index (Phi) is 3.22. The predicted octanol–water partition coefficient (Wildman–Crippen LogP) is 2.55. The smallest absolute Gasteiger partial charge is 0.335 e. The summed E-state index contributed by atoms with van der Waals surface area (Å²) in [7, 11) is 0. The molecular formula is C10H7NO2S3. The van der Waals surface area contributed by atoms with Crippen LogP contribution in [0.3, 0.4) is 0 Å². The molecule has 1 aromatic rings. The fourth-order valence-corrected chi connectivity index (χ4v) is 2.96. The van der Waals surface area contributed by atoms with Crippen LogP contribution in [0.2, 0.25) is 0 Å². The lowest BCUT2D eigenvalue weighted by atomic mass is 10.2. The van der Waals surface area contributed by atoms with Crippen LogP contribution in [0.25, 0.3) is 0 Å². The van der Waals surface area contributed by atoms with Gasteiger partial charge in [-0.15, -0.1) is 0 Å². The van der Waals surface area contributed by atoms with E-state index in [9.17, 15) is 4.79 Å². The topological polar surface area (TPSA) is 40.5 Å². The number of carbonyl (C=O) groups is 1. The van der Waals surface area contributed by atoms with Crippen LogP contribution in [-0.4, -0.2) is 26.1 Å². The zero-order chi connectivity index (χ0) is 11.7. The molecule has 0 aromatic heterocycles. The Morgan fingerprint density at radius 1 is 1.31 bits per heavy atom. The first-order valence-electron chi connectivity index (χ1n) is 4.42. The van der Waals surface area contributed by atoms with Gasteiger partial charge in [0.1, 0.15) is 4.32 Å². The van der Waals surface area contributed by atoms with Gasteiger partial charge in [0.05, 0.1) is 16.3 Å². The van der Waals surface area contributed by atoms with Gasteiger partial charge in [0, 0.05) is 5.69 Å². The highest BCUT2D eigenvalue weighted by atomic mass is 32.2. The summed E-state index contributed by atoms with van der Waals surface area (Å²) in [6, 6.07) is 6.53. The van der Waals surface area contributed by atoms with E-state index in [-0.39, 0.29) is 5.56 Å². The summed E-state index contributed by atoms with van der Waals surface area (Å²) in [5.74, 6) is -0.220. The quantitative estimate of drug-likeness (QED) is 0.832. The lowest BCUT2D eigenvalue weighted by Gasteiger charge is -2.16. The van der Waals surface area contributed by atoms with Crippen molar-refractivity contribution in [2.45, 2.75) is 0 Å². The van der Waals surface area contributed by atoms with Gasteiger partial charge in [-0.25, -0.2) is 4.79 Å². The molecule has 0 amide bonds. The van der Waals surface area contributed by atoms with E-state index < -0.39 is 5.97 Å². The predicted molar refractivity (Wildman–Crippen MR) is 73.5 cm³/mol. The SMILES string of the molecule is O=C(O)c1ccc(N2C(=S)CSC2=S)cc1. The Morgan fingerprint density at radius 3 is 2.38 bits per heavy atom. The molecule has 1 aliphatic rings. The first kappa shape index (κ1) is 11.5. The molecule has 3 nitrogen and oxygen atoms in total. The molecule has 0 atom stereocenters. The molecule has 0 radical (unpaired) electrons. The summed E-state index contributed by atoms with van der Waals surface area (Å²) in [4.78, 5) is 13.2. The molecular weight excluding hydrogens is 262 g/mol. The molecule has 0 bridgehead atoms. The van der Waals surface area contributed by atoms with Crippen molar-refractivity contribution < 1.29 is 9.90 Å². The van der Waals surface area contributed by atoms with Crippen molar-refractivity contribution in [2.24, 2.45) is 0 Å². The van der Waals surface area contributed by atoms with Gasteiger partial charge in [0.15, 0.2) is 0 Å². The van der Waals surface area contributed by atoms with Crippen LogP contribution in [-0.2, 0) is 0 Å². The maximum Gasteiger partial charge on any atom is 0.335 e. The Bertz CT molecular complexity index is 453. The van der Waals surface area contributed by atoms with Crippen molar-refractivity contribution in [1.29, 1.82) is 0 Å². The van der Waals surface area contributed by atoms with Crippen LogP contribution < -0.4 is 4.90 Å². The van der Waals surface area contributed by atoms with Gasteiger partial charge in [-0.3, -0.25) is 4.90 Å². The van der Waals surface area contributed by atoms with E-state index in [2.05, 4.69) is 0 Å². The fourth-order valence-electron chi connectivity index (χ4n) is 1.36. The van der Waals surface area contributed by atoms with Crippen molar-refractivity contribution in [1.82, 2.24) is 0 Å². The lowest BCUT2D eigenvalue weighted by Crippen LogP contribution is -2.26. The third kappa shape index (κ3) is 2.09. The number of thioether (sulfide) groups is 1. The summed E-state index contributed by atoms with van der Waals surface area (Å²) in [6.45, 7) is 0. The van der Waals surface area contributed by atoms with Crippen LogP contribution in [0, 0.1) is 0 Å². The molecule has 1 fully saturated rings. The van der Waals surface area contributed by atoms with Crippen molar-refractivity contribution in [3.8, 4) is 0 Å². The van der Waals surface area contributed by atoms with Gasteiger partial charge in [0.25, 0.3) is 0 Å². The maximum atomic E-state index is 10.7. The first-order chi connectivity index (χ1) is 7.59. The van der Waals surface area contributed by atoms with E-state index in [4.69, 9.17) is 29.5 Å². The molecule has 1 aromatic carbocycles. The number of rotatable bonds is 2. The number of nitrogens with zero attached hydrogens (tertiary/aromatic N) is 1. The number of carboxylic acids is 1. The van der Waals surface area contributed by atoms with Gasteiger partial charge in [-0.2, -0.15) is 0 Å². The van der Waals surface area contributed by atoms with Crippen LogP contribution in [0.1, 0.15) is 10.4 Å². The van der Waals surface area contributed by atoms with E-state index >= 15 is 0 Å². The molecule has 1 aliphatic heterocycles. The van der Waals surface area contributed by atoms with Crippen LogP contribution in [0.4, 0.5) is 5.69 Å². The first-order valence-corrected chi connectivity index (χ1v) is 6.23. The molecule has 6 heteroatoms. The number of carboxylic acid groups (broad SMARTS) is 1. The number of thiocarbonyl (C=S) groups is 2. The van der Waals surface area contributed by atoms with E-state index in [0.29, 0.717) is 4.32 Å². The van der Waals surface area contributed by atoms with E-state index in [1.165, 1.54) is 11.8 Å². The average molecular weight is 269 g/mol. The number of anilines is 1. The Morgan fingerprint density at radius 2 is 1.94 bits per heavy atom. The molecule has 0 spiro atoms. The monoisotopic (exact) mass is 269 g/mol. The molecule has 1 N–H and O–H groups in total. The minimum absolute atomic E-state index is 0.257. The van der Waals surface area contributed by atoms with Gasteiger partial charge >= 0.3 is 5.97 Å². The second kappa shape index (κ2) is 4.48. The molecule has 0 unspecified atom stereocenters. The fraction of sp³-hybridized carbons (Fsp3) is 0.100. The Hall–Kier alpha value is -0.980. The zero-order valence-corrected chi connectivity index (χ0v) is 10.5. The van der Waals surface area contributed by atoms with E-state index in [1.807, 2.05) is 0 Å². The molecule has 1 saturated heterocycles. The molecule has 1 heterocycles. The number of benzene rings is 1. The minimum atomic E-state index is -0.938. The highest BCUT2D eigenvalue weighted by Crippen LogP contribution is 2.27. The normalized spacial score (nSPS) is 15.6. The number of hydrogen-bond acceptors (Lipinski definition) is 4. The third-order valence-electron chi connectivity index (χ3n) is 2.12. The highest BCUT2D eigenvalue weighted by molar-refractivity contribution is 8.25. The van der Waals surface area contributed by atoms with Crippen LogP contribution in [0.15, 0.2) is 24.3 Å². The van der Waals surface area contributed by atoms with E-state index in [0.717, 1.165) is 16.4 Å². The van der Waals surface area contributed by atoms with Crippen molar-refractivity contribution in [3.05, 3.63) is 29.8 Å². The molecule has 16 heavy (non-hydrogen) atoms. The third-order valence-corrected chi connectivity index (χ3v) is 4.02. The standard InChI is InChI=1S/C10H7NO2S3/c12-9(13)6-1-3-7(4-2-6)11-8(14)5-16-10(11)15/h1-4H,5H2,(H,12,13). The van der Waals surface area contributed by atoms with Crippen molar-refractivity contribution >= 4 is 57.2 Å². The van der Waals surface area contributed by atoms with Crippen molar-refractivity contribution in [2.75, 3.05) is 10.7 Å². The summed E-state index contributed by atoms with van der Waals surface area (Å²) in [6.07, 6.45) is 0. The maximum absolute atomic E-state index is 10.7. The Balaban J connectivity index is 2.31. The van der Waals surface area contributed by atoms with Gasteiger partial charge in [0.2, 0.25) is 0 Å². The van der Waals surface area contributed by atoms with Crippen molar-refractivity contribution in [3.63, 3.8) is 0 Å². The molecule has 2 rings (SSSR count). The van der Waals surface area contributed by atoms with Crippen LogP contribution >= 0.6 is 36.2 Å². The average Bonchev–Trinajstić information content (AvgIpc) is 2.59. The minimum Gasteiger partial charge on any atom is -0.478 e. The zero-order valence-electron chi connectivity index (χ0n) is 8.04. The Labute approximate surface area is 107 Å². The molecule has 0 saturated carbocycles. The van der Waals surface area contributed by atoms with Gasteiger partial charge in [-0.05, 0) is 24.3 Å². The summed E-state index contributed by atoms with van der Waals surface area (Å²) >= 11 is 11.9. The van der Waals surface area contributed by atoms with E-state index in [1.54, 1.807) is 29.2 Å². The second-order valence-corrected chi connectivity index (χ2v) is 5.22. The number of hydrogen-bond donors (Lipinski definition) is 1. The summed E-state index contributed by atoms with van der Waals surface area (Å²) in [5.41, 5.74) is 1.08. The largest absolute Gasteiger partial charge is 0.478 e.